The molecule has 3 atom stereocenters. The van der Waals surface area contributed by atoms with Gasteiger partial charge in [0, 0.05) is 31.2 Å². The van der Waals surface area contributed by atoms with Gasteiger partial charge in [-0.05, 0) is 96.1 Å². The maximum atomic E-state index is 12.7. The number of carbonyl (C=O) groups is 1. The van der Waals surface area contributed by atoms with Gasteiger partial charge >= 0.3 is 0 Å². The van der Waals surface area contributed by atoms with E-state index in [1.165, 1.54) is 130 Å². The number of carbonyl (C=O) groups excluding carboxylic acids is 1. The predicted octanol–water partition coefficient (Wildman–Crippen LogP) is 10.1. The lowest BCUT2D eigenvalue weighted by atomic mass is 9.75. The minimum Gasteiger partial charge on any atom is -0.299 e. The fourth-order valence-corrected chi connectivity index (χ4v) is 8.85. The van der Waals surface area contributed by atoms with Gasteiger partial charge in [-0.1, -0.05) is 103 Å². The van der Waals surface area contributed by atoms with Gasteiger partial charge in [-0.3, -0.25) is 9.78 Å². The molecule has 0 aliphatic heterocycles. The fourth-order valence-electron chi connectivity index (χ4n) is 8.85. The normalized spacial score (nSPS) is 23.2. The van der Waals surface area contributed by atoms with E-state index >= 15 is 0 Å². The number of nitrogens with zero attached hydrogens (tertiary/aromatic N) is 1. The number of aromatic nitrogens is 1. The molecule has 2 saturated carbocycles. The summed E-state index contributed by atoms with van der Waals surface area (Å²) in [6, 6.07) is 9.56. The van der Waals surface area contributed by atoms with Crippen molar-refractivity contribution in [2.75, 3.05) is 0 Å². The fraction of sp³-hybridized carbons (Fsp3) is 0.684. The summed E-state index contributed by atoms with van der Waals surface area (Å²) in [6.07, 6.45) is 25.1. The van der Waals surface area contributed by atoms with Crippen LogP contribution in [0.5, 0.6) is 0 Å². The van der Waals surface area contributed by atoms with Crippen molar-refractivity contribution in [1.29, 1.82) is 0 Å². The van der Waals surface area contributed by atoms with Crippen LogP contribution in [0.2, 0.25) is 0 Å². The first-order valence-electron chi connectivity index (χ1n) is 17.1. The number of Topliss-reactive ketones (excluding diaryl/α,β-unsaturated/α-hetero) is 1. The molecule has 0 bridgehead atoms. The van der Waals surface area contributed by atoms with Gasteiger partial charge in [-0.25, -0.2) is 0 Å². The number of unbranched alkanes of at least 4 members (excludes halogenated alkanes) is 1. The van der Waals surface area contributed by atoms with E-state index in [0.717, 1.165) is 30.6 Å². The van der Waals surface area contributed by atoms with Crippen LogP contribution in [0.4, 0.5) is 0 Å². The maximum absolute atomic E-state index is 12.7. The third kappa shape index (κ3) is 7.46. The molecule has 3 aliphatic rings. The third-order valence-corrected chi connectivity index (χ3v) is 10.9. The zero-order chi connectivity index (χ0) is 27.9. The summed E-state index contributed by atoms with van der Waals surface area (Å²) in [5, 5.41) is 0. The monoisotopic (exact) mass is 541 g/mol. The highest BCUT2D eigenvalue weighted by Gasteiger charge is 2.35. The highest BCUT2D eigenvalue weighted by molar-refractivity contribution is 5.82. The van der Waals surface area contributed by atoms with Gasteiger partial charge in [0.05, 0.1) is 0 Å². The topological polar surface area (TPSA) is 30.0 Å². The quantitative estimate of drug-likeness (QED) is 0.209. The van der Waals surface area contributed by atoms with Crippen molar-refractivity contribution >= 4 is 5.78 Å². The minimum atomic E-state index is 0.394. The molecule has 0 N–H and O–H groups in total. The first kappa shape index (κ1) is 29.5. The lowest BCUT2D eigenvalue weighted by Gasteiger charge is -2.30. The first-order valence-corrected chi connectivity index (χ1v) is 17.1. The van der Waals surface area contributed by atoms with Crippen LogP contribution in [0.3, 0.4) is 0 Å². The number of pyridine rings is 1. The molecule has 3 aliphatic carbocycles. The second-order valence-electron chi connectivity index (χ2n) is 14.0. The number of fused-ring (bicyclic) bond motifs is 1. The molecule has 218 valence electrons. The summed E-state index contributed by atoms with van der Waals surface area (Å²) in [6.45, 7) is 6.97. The summed E-state index contributed by atoms with van der Waals surface area (Å²) in [7, 11) is 0. The smallest absolute Gasteiger partial charge is 0.137 e. The molecule has 2 fully saturated rings. The highest BCUT2D eigenvalue weighted by atomic mass is 16.1. The Labute approximate surface area is 245 Å². The molecule has 0 saturated heterocycles. The Bertz CT molecular complexity index is 1110. The van der Waals surface area contributed by atoms with Crippen LogP contribution in [-0.2, 0) is 24.1 Å². The van der Waals surface area contributed by atoms with Crippen molar-refractivity contribution in [3.63, 3.8) is 0 Å². The van der Waals surface area contributed by atoms with Crippen LogP contribution in [0.25, 0.3) is 0 Å². The molecule has 1 aromatic carbocycles. The molecule has 2 heteroatoms. The zero-order valence-corrected chi connectivity index (χ0v) is 25.9. The lowest BCUT2D eigenvalue weighted by molar-refractivity contribution is -0.119. The summed E-state index contributed by atoms with van der Waals surface area (Å²) in [5.74, 6) is 4.06. The van der Waals surface area contributed by atoms with Crippen LogP contribution in [0.1, 0.15) is 150 Å². The van der Waals surface area contributed by atoms with Gasteiger partial charge in [0.1, 0.15) is 5.78 Å². The van der Waals surface area contributed by atoms with E-state index in [0.29, 0.717) is 24.0 Å². The average molecular weight is 542 g/mol. The van der Waals surface area contributed by atoms with Crippen LogP contribution >= 0.6 is 0 Å². The molecule has 3 unspecified atom stereocenters. The van der Waals surface area contributed by atoms with Crippen molar-refractivity contribution in [3.8, 4) is 0 Å². The Morgan fingerprint density at radius 3 is 2.48 bits per heavy atom. The van der Waals surface area contributed by atoms with Crippen molar-refractivity contribution in [2.24, 2.45) is 23.7 Å². The van der Waals surface area contributed by atoms with Crippen LogP contribution in [-0.4, -0.2) is 10.8 Å². The average Bonchev–Trinajstić information content (AvgIpc) is 3.44. The zero-order valence-electron chi connectivity index (χ0n) is 25.9. The molecule has 0 spiro atoms. The summed E-state index contributed by atoms with van der Waals surface area (Å²) >= 11 is 0. The molecule has 2 nitrogen and oxygen atoms in total. The van der Waals surface area contributed by atoms with Crippen molar-refractivity contribution < 1.29 is 4.79 Å². The number of rotatable bonds is 11. The van der Waals surface area contributed by atoms with E-state index in [-0.39, 0.29) is 0 Å². The first-order chi connectivity index (χ1) is 19.5. The van der Waals surface area contributed by atoms with Crippen molar-refractivity contribution in [3.05, 3.63) is 64.0 Å². The van der Waals surface area contributed by atoms with E-state index < -0.39 is 0 Å². The molecule has 1 aromatic heterocycles. The number of ketones is 1. The predicted molar refractivity (Wildman–Crippen MR) is 168 cm³/mol. The minimum absolute atomic E-state index is 0.394. The van der Waals surface area contributed by atoms with E-state index in [1.807, 2.05) is 6.20 Å². The number of aryl methyl sites for hydroxylation is 2. The van der Waals surface area contributed by atoms with E-state index in [2.05, 4.69) is 45.0 Å². The number of hydrogen-bond acceptors (Lipinski definition) is 2. The summed E-state index contributed by atoms with van der Waals surface area (Å²) < 4.78 is 0. The molecule has 0 amide bonds. The molecule has 0 radical (unpaired) electrons. The third-order valence-electron chi connectivity index (χ3n) is 10.9. The summed E-state index contributed by atoms with van der Waals surface area (Å²) in [5.41, 5.74) is 8.10. The lowest BCUT2D eigenvalue weighted by Crippen LogP contribution is -2.19. The van der Waals surface area contributed by atoms with Gasteiger partial charge in [0.25, 0.3) is 0 Å². The molecule has 2 aromatic rings. The van der Waals surface area contributed by atoms with Gasteiger partial charge < -0.3 is 0 Å². The van der Waals surface area contributed by atoms with Gasteiger partial charge in [0.2, 0.25) is 0 Å². The van der Waals surface area contributed by atoms with E-state index in [1.54, 1.807) is 0 Å². The van der Waals surface area contributed by atoms with Crippen LogP contribution in [0.15, 0.2) is 30.5 Å². The van der Waals surface area contributed by atoms with Gasteiger partial charge in [0.15, 0.2) is 0 Å². The SMILES string of the molecule is CCCC(CCCCc1ccc(Cc2cc3c(cn2)CC(=O)CC(C)C3C2CCCC2)c(C)c1)C1CCCCC1. The Kier molecular flexibility index (Phi) is 10.5. The van der Waals surface area contributed by atoms with Gasteiger partial charge in [-0.15, -0.1) is 0 Å². The molecular weight excluding hydrogens is 486 g/mol. The second-order valence-corrected chi connectivity index (χ2v) is 14.0. The van der Waals surface area contributed by atoms with Crippen LogP contribution in [0, 0.1) is 30.6 Å². The number of benzene rings is 1. The Hall–Kier alpha value is -1.96. The second kappa shape index (κ2) is 14.3. The Morgan fingerprint density at radius 2 is 1.73 bits per heavy atom. The Balaban J connectivity index is 1.20. The highest BCUT2D eigenvalue weighted by Crippen LogP contribution is 2.45. The largest absolute Gasteiger partial charge is 0.299 e. The van der Waals surface area contributed by atoms with Crippen LogP contribution < -0.4 is 0 Å². The van der Waals surface area contributed by atoms with Crippen molar-refractivity contribution in [1.82, 2.24) is 4.98 Å². The van der Waals surface area contributed by atoms with E-state index in [9.17, 15) is 4.79 Å². The molecule has 1 heterocycles. The van der Waals surface area contributed by atoms with Gasteiger partial charge in [-0.2, -0.15) is 0 Å². The molecule has 5 rings (SSSR count). The Morgan fingerprint density at radius 1 is 0.950 bits per heavy atom. The molecular formula is C38H55NO. The van der Waals surface area contributed by atoms with Crippen molar-refractivity contribution in [2.45, 2.75) is 142 Å². The van der Waals surface area contributed by atoms with E-state index in [4.69, 9.17) is 4.98 Å². The standard InChI is InChI=1S/C38H55NO/c1-4-12-30(31-14-6-5-7-15-31)16-9-8-13-29-19-20-33(27(2)21-29)23-35-25-37-34(26-39-35)24-36(40)22-28(3)38(37)32-17-10-11-18-32/h19-21,25-26,28,30-32,38H,4-18,22-24H2,1-3H3. The molecule has 40 heavy (non-hydrogen) atoms. The summed E-state index contributed by atoms with van der Waals surface area (Å²) in [4.78, 5) is 17.6. The number of hydrogen-bond donors (Lipinski definition) is 0. The maximum Gasteiger partial charge on any atom is 0.137 e.